The first-order valence-corrected chi connectivity index (χ1v) is 5.51. The Labute approximate surface area is 95.6 Å². The predicted molar refractivity (Wildman–Crippen MR) is 63.5 cm³/mol. The fraction of sp³-hybridized carbons (Fsp3) is 0.385. The zero-order chi connectivity index (χ0) is 11.7. The van der Waals surface area contributed by atoms with Crippen LogP contribution in [0.1, 0.15) is 31.5 Å². The van der Waals surface area contributed by atoms with Gasteiger partial charge in [-0.1, -0.05) is 6.92 Å². The summed E-state index contributed by atoms with van der Waals surface area (Å²) in [4.78, 5) is 15.7. The predicted octanol–water partition coefficient (Wildman–Crippen LogP) is 2.28. The summed E-state index contributed by atoms with van der Waals surface area (Å²) in [6.07, 6.45) is 2.62. The molecule has 0 aliphatic carbocycles. The van der Waals surface area contributed by atoms with E-state index in [0.717, 1.165) is 23.4 Å². The molecule has 1 atom stereocenters. The highest BCUT2D eigenvalue weighted by Crippen LogP contribution is 2.28. The first-order chi connectivity index (χ1) is 7.58. The summed E-state index contributed by atoms with van der Waals surface area (Å²) in [5.41, 5.74) is 4.35. The molecule has 0 saturated carbocycles. The van der Waals surface area contributed by atoms with Crippen LogP contribution in [0, 0.1) is 12.8 Å². The van der Waals surface area contributed by atoms with Gasteiger partial charge in [0.2, 0.25) is 5.91 Å². The molecule has 1 aromatic heterocycles. The van der Waals surface area contributed by atoms with Gasteiger partial charge in [0.15, 0.2) is 0 Å². The molecule has 0 bridgehead atoms. The van der Waals surface area contributed by atoms with E-state index in [9.17, 15) is 4.79 Å². The smallest absolute Gasteiger partial charge is 0.227 e. The number of aromatic nitrogens is 1. The maximum Gasteiger partial charge on any atom is 0.227 e. The molecule has 1 amide bonds. The van der Waals surface area contributed by atoms with Crippen LogP contribution in [0.4, 0.5) is 0 Å². The van der Waals surface area contributed by atoms with Crippen LogP contribution in [0.25, 0.3) is 5.57 Å². The minimum atomic E-state index is 0.0483. The van der Waals surface area contributed by atoms with Gasteiger partial charge >= 0.3 is 0 Å². The first-order valence-electron chi connectivity index (χ1n) is 5.51. The van der Waals surface area contributed by atoms with E-state index >= 15 is 0 Å². The third-order valence-corrected chi connectivity index (χ3v) is 2.97. The number of carbonyl (C=O) groups excluding carboxylic acids is 1. The maximum atomic E-state index is 11.5. The molecule has 0 saturated heterocycles. The molecular formula is C13H16N2O. The molecule has 3 nitrogen and oxygen atoms in total. The molecule has 0 radical (unpaired) electrons. The number of allylic oxidation sites excluding steroid dienone is 2. The van der Waals surface area contributed by atoms with Crippen LogP contribution >= 0.6 is 0 Å². The second kappa shape index (κ2) is 4.08. The number of hydrogen-bond donors (Lipinski definition) is 1. The largest absolute Gasteiger partial charge is 0.330 e. The van der Waals surface area contributed by atoms with Gasteiger partial charge in [-0.2, -0.15) is 0 Å². The molecule has 1 aliphatic rings. The maximum absolute atomic E-state index is 11.5. The van der Waals surface area contributed by atoms with Crippen LogP contribution in [0.3, 0.4) is 0 Å². The highest BCUT2D eigenvalue weighted by atomic mass is 16.1. The van der Waals surface area contributed by atoms with Crippen LogP contribution in [-0.2, 0) is 4.79 Å². The number of pyridine rings is 1. The Kier molecular flexibility index (Phi) is 2.77. The summed E-state index contributed by atoms with van der Waals surface area (Å²) in [6.45, 7) is 5.88. The number of amides is 1. The molecule has 3 heteroatoms. The van der Waals surface area contributed by atoms with Crippen LogP contribution in [0.15, 0.2) is 24.0 Å². The lowest BCUT2D eigenvalue weighted by atomic mass is 9.90. The fourth-order valence-electron chi connectivity index (χ4n) is 2.00. The normalized spacial score (nSPS) is 20.9. The molecule has 1 unspecified atom stereocenters. The topological polar surface area (TPSA) is 42.0 Å². The van der Waals surface area contributed by atoms with E-state index in [2.05, 4.69) is 16.4 Å². The van der Waals surface area contributed by atoms with E-state index in [1.165, 1.54) is 5.57 Å². The second-order valence-electron chi connectivity index (χ2n) is 4.38. The van der Waals surface area contributed by atoms with Gasteiger partial charge in [0.25, 0.3) is 0 Å². The zero-order valence-electron chi connectivity index (χ0n) is 9.87. The third kappa shape index (κ3) is 1.98. The van der Waals surface area contributed by atoms with E-state index in [1.54, 1.807) is 0 Å². The number of aryl methyl sites for hydroxylation is 1. The van der Waals surface area contributed by atoms with Gasteiger partial charge in [-0.05, 0) is 43.5 Å². The van der Waals surface area contributed by atoms with E-state index in [4.69, 9.17) is 0 Å². The lowest BCUT2D eigenvalue weighted by Gasteiger charge is -2.23. The lowest BCUT2D eigenvalue weighted by Crippen LogP contribution is -2.32. The Bertz CT molecular complexity index is 463. The molecule has 84 valence electrons. The number of hydrogen-bond acceptors (Lipinski definition) is 2. The van der Waals surface area contributed by atoms with E-state index < -0.39 is 0 Å². The highest BCUT2D eigenvalue weighted by molar-refractivity contribution is 5.88. The van der Waals surface area contributed by atoms with Crippen molar-refractivity contribution in [2.24, 2.45) is 5.92 Å². The Morgan fingerprint density at radius 3 is 2.88 bits per heavy atom. The average molecular weight is 216 g/mol. The Hall–Kier alpha value is -1.64. The van der Waals surface area contributed by atoms with Crippen molar-refractivity contribution in [3.8, 4) is 0 Å². The number of rotatable bonds is 1. The average Bonchev–Trinajstić information content (AvgIpc) is 2.23. The van der Waals surface area contributed by atoms with Crippen molar-refractivity contribution < 1.29 is 4.79 Å². The lowest BCUT2D eigenvalue weighted by molar-refractivity contribution is -0.123. The molecule has 2 heterocycles. The van der Waals surface area contributed by atoms with Gasteiger partial charge in [-0.15, -0.1) is 0 Å². The molecule has 2 rings (SSSR count). The van der Waals surface area contributed by atoms with Crippen LogP contribution < -0.4 is 5.32 Å². The van der Waals surface area contributed by atoms with Crippen molar-refractivity contribution in [1.29, 1.82) is 0 Å². The molecule has 0 fully saturated rings. The summed E-state index contributed by atoms with van der Waals surface area (Å²) >= 11 is 0. The standard InChI is InChI=1S/C13H16N2O/c1-8-6-12(10(3)15-13(8)16)11-4-5-14-9(2)7-11/h4-5,7-8H,6H2,1-3H3,(H,15,16). The highest BCUT2D eigenvalue weighted by Gasteiger charge is 2.23. The molecule has 1 aromatic rings. The van der Waals surface area contributed by atoms with Gasteiger partial charge in [-0.3, -0.25) is 9.78 Å². The molecular weight excluding hydrogens is 200 g/mol. The summed E-state index contributed by atoms with van der Waals surface area (Å²) in [5.74, 6) is 0.166. The summed E-state index contributed by atoms with van der Waals surface area (Å²) < 4.78 is 0. The van der Waals surface area contributed by atoms with E-state index in [1.807, 2.05) is 33.0 Å². The monoisotopic (exact) mass is 216 g/mol. The minimum absolute atomic E-state index is 0.0483. The van der Waals surface area contributed by atoms with Gasteiger partial charge in [0.1, 0.15) is 0 Å². The van der Waals surface area contributed by atoms with Crippen molar-refractivity contribution in [3.05, 3.63) is 35.3 Å². The van der Waals surface area contributed by atoms with E-state index in [0.29, 0.717) is 0 Å². The van der Waals surface area contributed by atoms with Gasteiger partial charge in [0.05, 0.1) is 0 Å². The van der Waals surface area contributed by atoms with Crippen molar-refractivity contribution in [1.82, 2.24) is 10.3 Å². The van der Waals surface area contributed by atoms with Crippen LogP contribution in [0.5, 0.6) is 0 Å². The number of carbonyl (C=O) groups is 1. The molecule has 16 heavy (non-hydrogen) atoms. The van der Waals surface area contributed by atoms with Crippen molar-refractivity contribution in [3.63, 3.8) is 0 Å². The Morgan fingerprint density at radius 1 is 1.44 bits per heavy atom. The quantitative estimate of drug-likeness (QED) is 0.782. The number of nitrogens with one attached hydrogen (secondary N) is 1. The molecule has 0 spiro atoms. The Balaban J connectivity index is 2.40. The molecule has 1 aliphatic heterocycles. The van der Waals surface area contributed by atoms with Gasteiger partial charge in [0, 0.05) is 23.5 Å². The second-order valence-corrected chi connectivity index (χ2v) is 4.38. The van der Waals surface area contributed by atoms with Crippen LogP contribution in [-0.4, -0.2) is 10.9 Å². The van der Waals surface area contributed by atoms with Gasteiger partial charge in [-0.25, -0.2) is 0 Å². The summed E-state index contributed by atoms with van der Waals surface area (Å²) in [6, 6.07) is 4.05. The first kappa shape index (κ1) is 10.9. The van der Waals surface area contributed by atoms with Crippen molar-refractivity contribution >= 4 is 11.5 Å². The zero-order valence-corrected chi connectivity index (χ0v) is 9.87. The number of nitrogens with zero attached hydrogens (tertiary/aromatic N) is 1. The van der Waals surface area contributed by atoms with Crippen molar-refractivity contribution in [2.75, 3.05) is 0 Å². The molecule has 1 N–H and O–H groups in total. The van der Waals surface area contributed by atoms with E-state index in [-0.39, 0.29) is 11.8 Å². The summed E-state index contributed by atoms with van der Waals surface area (Å²) in [7, 11) is 0. The third-order valence-electron chi connectivity index (χ3n) is 2.97. The Morgan fingerprint density at radius 2 is 2.19 bits per heavy atom. The van der Waals surface area contributed by atoms with Gasteiger partial charge < -0.3 is 5.32 Å². The minimum Gasteiger partial charge on any atom is -0.330 e. The summed E-state index contributed by atoms with van der Waals surface area (Å²) in [5, 5.41) is 2.92. The van der Waals surface area contributed by atoms with Crippen molar-refractivity contribution in [2.45, 2.75) is 27.2 Å². The fourth-order valence-corrected chi connectivity index (χ4v) is 2.00. The molecule has 0 aromatic carbocycles. The van der Waals surface area contributed by atoms with Crippen LogP contribution in [0.2, 0.25) is 0 Å². The SMILES string of the molecule is CC1=C(c2ccnc(C)c2)CC(C)C(=O)N1.